The Hall–Kier alpha value is -1.45. The van der Waals surface area contributed by atoms with Crippen molar-refractivity contribution in [2.45, 2.75) is 30.6 Å². The molecule has 0 aromatic carbocycles. The van der Waals surface area contributed by atoms with Gasteiger partial charge in [-0.1, -0.05) is 0 Å². The van der Waals surface area contributed by atoms with E-state index in [4.69, 9.17) is 5.11 Å². The molecule has 112 valence electrons. The Morgan fingerprint density at radius 1 is 1.33 bits per heavy atom. The fourth-order valence-corrected chi connectivity index (χ4v) is 5.54. The lowest BCUT2D eigenvalue weighted by atomic mass is 10.0. The standard InChI is InChI=1S/C12H12N2O4S3/c15-11(16)10-5-7(6-19-10)21(17,18)14-12-13-8-3-1-2-4-9(8)20-12/h5-6H,1-4H2,(H,13,14)(H,15,16). The molecule has 2 aromatic heterocycles. The van der Waals surface area contributed by atoms with Gasteiger partial charge in [-0.15, -0.1) is 22.7 Å². The minimum atomic E-state index is -3.78. The zero-order chi connectivity index (χ0) is 15.0. The van der Waals surface area contributed by atoms with Crippen molar-refractivity contribution in [1.82, 2.24) is 4.98 Å². The second-order valence-corrected chi connectivity index (χ2v) is 8.33. The summed E-state index contributed by atoms with van der Waals surface area (Å²) in [6.07, 6.45) is 4.01. The molecule has 2 heterocycles. The fraction of sp³-hybridized carbons (Fsp3) is 0.333. The summed E-state index contributed by atoms with van der Waals surface area (Å²) >= 11 is 2.24. The Balaban J connectivity index is 1.85. The molecule has 0 radical (unpaired) electrons. The predicted molar refractivity (Wildman–Crippen MR) is 80.8 cm³/mol. The minimum absolute atomic E-state index is 0.00573. The van der Waals surface area contributed by atoms with Crippen LogP contribution >= 0.6 is 22.7 Å². The molecule has 3 rings (SSSR count). The number of carboxylic acids is 1. The van der Waals surface area contributed by atoms with Crippen LogP contribution in [0.25, 0.3) is 0 Å². The van der Waals surface area contributed by atoms with Crippen molar-refractivity contribution >= 4 is 43.8 Å². The summed E-state index contributed by atoms with van der Waals surface area (Å²) in [6.45, 7) is 0. The van der Waals surface area contributed by atoms with Gasteiger partial charge in [0.05, 0.1) is 10.6 Å². The van der Waals surface area contributed by atoms with Gasteiger partial charge in [-0.2, -0.15) is 0 Å². The van der Waals surface area contributed by atoms with E-state index in [1.165, 1.54) is 16.7 Å². The largest absolute Gasteiger partial charge is 0.477 e. The van der Waals surface area contributed by atoms with Gasteiger partial charge in [0.25, 0.3) is 10.0 Å². The molecule has 0 saturated heterocycles. The summed E-state index contributed by atoms with van der Waals surface area (Å²) in [5, 5.41) is 10.5. The quantitative estimate of drug-likeness (QED) is 0.888. The van der Waals surface area contributed by atoms with Crippen molar-refractivity contribution in [3.05, 3.63) is 26.9 Å². The lowest BCUT2D eigenvalue weighted by Crippen LogP contribution is -2.12. The van der Waals surface area contributed by atoms with E-state index in [1.54, 1.807) is 0 Å². The van der Waals surface area contributed by atoms with Crippen LogP contribution in [0.2, 0.25) is 0 Å². The molecule has 0 spiro atoms. The van der Waals surface area contributed by atoms with Crippen molar-refractivity contribution < 1.29 is 18.3 Å². The summed E-state index contributed by atoms with van der Waals surface area (Å²) < 4.78 is 26.9. The zero-order valence-corrected chi connectivity index (χ0v) is 13.3. The molecular formula is C12H12N2O4S3. The molecule has 6 nitrogen and oxygen atoms in total. The van der Waals surface area contributed by atoms with Gasteiger partial charge < -0.3 is 5.11 Å². The third-order valence-electron chi connectivity index (χ3n) is 3.16. The molecule has 21 heavy (non-hydrogen) atoms. The highest BCUT2D eigenvalue weighted by Gasteiger charge is 2.22. The second-order valence-electron chi connectivity index (χ2n) is 4.65. The van der Waals surface area contributed by atoms with E-state index in [-0.39, 0.29) is 9.77 Å². The van der Waals surface area contributed by atoms with Gasteiger partial charge in [0.2, 0.25) is 0 Å². The number of carbonyl (C=O) groups is 1. The van der Waals surface area contributed by atoms with Crippen LogP contribution in [0.3, 0.4) is 0 Å². The van der Waals surface area contributed by atoms with Gasteiger partial charge in [-0.25, -0.2) is 18.2 Å². The van der Waals surface area contributed by atoms with Crippen molar-refractivity contribution in [2.75, 3.05) is 4.72 Å². The summed E-state index contributed by atoms with van der Waals surface area (Å²) in [5.74, 6) is -1.13. The van der Waals surface area contributed by atoms with E-state index in [0.29, 0.717) is 5.13 Å². The molecule has 0 fully saturated rings. The number of fused-ring (bicyclic) bond motifs is 1. The number of sulfonamides is 1. The summed E-state index contributed by atoms with van der Waals surface area (Å²) in [7, 11) is -3.78. The van der Waals surface area contributed by atoms with Crippen LogP contribution in [-0.2, 0) is 22.9 Å². The molecule has 1 aliphatic rings. The van der Waals surface area contributed by atoms with Crippen LogP contribution in [0.4, 0.5) is 5.13 Å². The van der Waals surface area contributed by atoms with Gasteiger partial charge in [-0.3, -0.25) is 4.72 Å². The molecule has 0 unspecified atom stereocenters. The van der Waals surface area contributed by atoms with Crippen molar-refractivity contribution in [3.8, 4) is 0 Å². The number of thiophene rings is 1. The first-order chi connectivity index (χ1) is 9.95. The number of hydrogen-bond donors (Lipinski definition) is 2. The van der Waals surface area contributed by atoms with E-state index < -0.39 is 16.0 Å². The lowest BCUT2D eigenvalue weighted by molar-refractivity contribution is 0.0702. The maximum Gasteiger partial charge on any atom is 0.345 e. The highest BCUT2D eigenvalue weighted by atomic mass is 32.2. The first kappa shape index (κ1) is 14.5. The molecular weight excluding hydrogens is 332 g/mol. The Morgan fingerprint density at radius 3 is 2.76 bits per heavy atom. The molecule has 0 amide bonds. The SMILES string of the molecule is O=C(O)c1cc(S(=O)(=O)Nc2nc3c(s2)CCCC3)cs1. The number of hydrogen-bond acceptors (Lipinski definition) is 6. The summed E-state index contributed by atoms with van der Waals surface area (Å²) in [6, 6.07) is 1.16. The lowest BCUT2D eigenvalue weighted by Gasteiger charge is -2.06. The summed E-state index contributed by atoms with van der Waals surface area (Å²) in [5.41, 5.74) is 0.973. The number of anilines is 1. The number of rotatable bonds is 4. The maximum atomic E-state index is 12.2. The highest BCUT2D eigenvalue weighted by Crippen LogP contribution is 2.31. The molecule has 0 bridgehead atoms. The first-order valence-corrected chi connectivity index (χ1v) is 9.47. The Bertz CT molecular complexity index is 768. The highest BCUT2D eigenvalue weighted by molar-refractivity contribution is 7.93. The van der Waals surface area contributed by atoms with Crippen LogP contribution < -0.4 is 4.72 Å². The number of aromatic carboxylic acids is 1. The third kappa shape index (κ3) is 2.94. The van der Waals surface area contributed by atoms with E-state index >= 15 is 0 Å². The molecule has 1 aliphatic carbocycles. The van der Waals surface area contributed by atoms with Crippen LogP contribution in [0.5, 0.6) is 0 Å². The molecule has 2 aromatic rings. The van der Waals surface area contributed by atoms with E-state index in [0.717, 1.165) is 53.7 Å². The van der Waals surface area contributed by atoms with E-state index in [9.17, 15) is 13.2 Å². The van der Waals surface area contributed by atoms with E-state index in [2.05, 4.69) is 9.71 Å². The van der Waals surface area contributed by atoms with Crippen LogP contribution in [-0.4, -0.2) is 24.5 Å². The monoisotopic (exact) mass is 344 g/mol. The fourth-order valence-electron chi connectivity index (χ4n) is 2.14. The maximum absolute atomic E-state index is 12.2. The third-order valence-corrected chi connectivity index (χ3v) is 6.75. The van der Waals surface area contributed by atoms with Crippen LogP contribution in [0.1, 0.15) is 33.1 Å². The van der Waals surface area contributed by atoms with Crippen LogP contribution in [0.15, 0.2) is 16.3 Å². The molecule has 0 atom stereocenters. The summed E-state index contributed by atoms with van der Waals surface area (Å²) in [4.78, 5) is 16.2. The van der Waals surface area contributed by atoms with Crippen molar-refractivity contribution in [3.63, 3.8) is 0 Å². The van der Waals surface area contributed by atoms with Gasteiger partial charge in [-0.05, 0) is 31.7 Å². The van der Waals surface area contributed by atoms with Gasteiger partial charge in [0, 0.05) is 10.3 Å². The van der Waals surface area contributed by atoms with Crippen molar-refractivity contribution in [2.24, 2.45) is 0 Å². The number of carboxylic acid groups (broad SMARTS) is 1. The Labute approximate surface area is 129 Å². The zero-order valence-electron chi connectivity index (χ0n) is 10.8. The van der Waals surface area contributed by atoms with Gasteiger partial charge in [0.15, 0.2) is 5.13 Å². The second kappa shape index (κ2) is 5.39. The van der Waals surface area contributed by atoms with Gasteiger partial charge in [0.1, 0.15) is 4.88 Å². The number of thiazole rings is 1. The predicted octanol–water partition coefficient (Wildman–Crippen LogP) is 2.58. The Morgan fingerprint density at radius 2 is 2.10 bits per heavy atom. The first-order valence-electron chi connectivity index (χ1n) is 6.29. The molecule has 0 saturated carbocycles. The van der Waals surface area contributed by atoms with Crippen molar-refractivity contribution in [1.29, 1.82) is 0 Å². The Kier molecular flexibility index (Phi) is 3.72. The molecule has 0 aliphatic heterocycles. The number of nitrogens with one attached hydrogen (secondary N) is 1. The van der Waals surface area contributed by atoms with Crippen LogP contribution in [0, 0.1) is 0 Å². The number of aryl methyl sites for hydroxylation is 2. The minimum Gasteiger partial charge on any atom is -0.477 e. The molecule has 9 heteroatoms. The van der Waals surface area contributed by atoms with Gasteiger partial charge >= 0.3 is 5.97 Å². The normalized spacial score (nSPS) is 14.7. The number of aromatic nitrogens is 1. The average molecular weight is 344 g/mol. The average Bonchev–Trinajstić information content (AvgIpc) is 3.04. The topological polar surface area (TPSA) is 96.4 Å². The smallest absolute Gasteiger partial charge is 0.345 e. The van der Waals surface area contributed by atoms with E-state index in [1.807, 2.05) is 0 Å². The number of nitrogens with zero attached hydrogens (tertiary/aromatic N) is 1. The molecule has 2 N–H and O–H groups in total.